The van der Waals surface area contributed by atoms with Gasteiger partial charge in [-0.1, -0.05) is 242 Å². The van der Waals surface area contributed by atoms with Crippen LogP contribution < -0.4 is 0 Å². The van der Waals surface area contributed by atoms with E-state index in [9.17, 15) is 19.5 Å². The third-order valence-corrected chi connectivity index (χ3v) is 13.6. The quantitative estimate of drug-likeness (QED) is 0.0211. The second kappa shape index (κ2) is 55.5. The number of carbonyl (C=O) groups excluding carboxylic acids is 2. The predicted octanol–water partition coefficient (Wildman–Crippen LogP) is 18.2. The highest BCUT2D eigenvalue weighted by Crippen LogP contribution is 2.17. The van der Waals surface area contributed by atoms with Crippen LogP contribution in [-0.2, 0) is 33.3 Å². The zero-order valence-corrected chi connectivity index (χ0v) is 48.6. The molecule has 0 rings (SSSR count). The van der Waals surface area contributed by atoms with Crippen molar-refractivity contribution in [3.8, 4) is 0 Å². The van der Waals surface area contributed by atoms with Gasteiger partial charge in [0.15, 0.2) is 6.10 Å². The van der Waals surface area contributed by atoms with Gasteiger partial charge in [-0.2, -0.15) is 0 Å². The maximum atomic E-state index is 12.9. The summed E-state index contributed by atoms with van der Waals surface area (Å²) in [4.78, 5) is 37.4. The minimum atomic E-state index is -1.51. The molecule has 0 aliphatic heterocycles. The second-order valence-electron chi connectivity index (χ2n) is 22.0. The van der Waals surface area contributed by atoms with Gasteiger partial charge in [-0.05, 0) is 77.0 Å². The monoisotopic (exact) mass is 1030 g/mol. The Hall–Kier alpha value is -2.75. The van der Waals surface area contributed by atoms with Gasteiger partial charge in [-0.15, -0.1) is 0 Å². The number of allylic oxidation sites excluding steroid dienone is 8. The number of carboxylic acid groups (broad SMARTS) is 1. The molecule has 73 heavy (non-hydrogen) atoms. The fourth-order valence-electron chi connectivity index (χ4n) is 8.78. The van der Waals surface area contributed by atoms with Gasteiger partial charge < -0.3 is 28.5 Å². The van der Waals surface area contributed by atoms with Crippen molar-refractivity contribution < 1.29 is 42.9 Å². The molecule has 0 fully saturated rings. The summed E-state index contributed by atoms with van der Waals surface area (Å²) in [6.45, 7) is 4.88. The highest BCUT2D eigenvalue weighted by atomic mass is 16.7. The van der Waals surface area contributed by atoms with Crippen molar-refractivity contribution in [2.45, 2.75) is 296 Å². The standard InChI is InChI=1S/C64H117NO8/c1-6-8-10-12-14-16-18-20-22-23-24-25-26-27-28-29-30-31-32-33-34-35-36-37-38-39-41-43-45-47-49-51-53-55-62(67)73-60(59-72-64(63(68)69)70-57-56-65(3,4)5)58-71-61(66)54-52-50-48-46-44-42-40-21-19-17-15-13-11-9-7-2/h18,20-21,23-24,26-27,40,60,64H,6-17,19,22,25,28-39,41-59H2,1-5H3/p+1/b20-18-,24-23-,27-26-,40-21-. The van der Waals surface area contributed by atoms with E-state index in [1.54, 1.807) is 0 Å². The first-order chi connectivity index (χ1) is 35.6. The molecule has 0 amide bonds. The zero-order valence-electron chi connectivity index (χ0n) is 48.6. The lowest BCUT2D eigenvalue weighted by Crippen LogP contribution is -2.40. The summed E-state index contributed by atoms with van der Waals surface area (Å²) in [5, 5.41) is 9.70. The minimum absolute atomic E-state index is 0.184. The number of carboxylic acids is 1. The summed E-state index contributed by atoms with van der Waals surface area (Å²) >= 11 is 0. The van der Waals surface area contributed by atoms with Crippen molar-refractivity contribution in [1.82, 2.24) is 0 Å². The van der Waals surface area contributed by atoms with Crippen LogP contribution in [0.1, 0.15) is 284 Å². The molecule has 1 N–H and O–H groups in total. The van der Waals surface area contributed by atoms with Gasteiger partial charge in [-0.25, -0.2) is 4.79 Å². The lowest BCUT2D eigenvalue weighted by molar-refractivity contribution is -0.870. The average molecular weight is 1030 g/mol. The van der Waals surface area contributed by atoms with Crippen LogP contribution >= 0.6 is 0 Å². The number of ether oxygens (including phenoxy) is 4. The molecule has 9 nitrogen and oxygen atoms in total. The van der Waals surface area contributed by atoms with Crippen molar-refractivity contribution >= 4 is 17.9 Å². The van der Waals surface area contributed by atoms with E-state index in [1.807, 2.05) is 21.1 Å². The molecule has 0 saturated carbocycles. The Morgan fingerprint density at radius 3 is 1.11 bits per heavy atom. The van der Waals surface area contributed by atoms with Crippen LogP contribution in [0.2, 0.25) is 0 Å². The molecule has 0 heterocycles. The fourth-order valence-corrected chi connectivity index (χ4v) is 8.78. The smallest absolute Gasteiger partial charge is 0.361 e. The molecule has 426 valence electrons. The maximum Gasteiger partial charge on any atom is 0.361 e. The Balaban J connectivity index is 4.09. The minimum Gasteiger partial charge on any atom is -0.477 e. The van der Waals surface area contributed by atoms with Crippen LogP contribution in [0, 0.1) is 0 Å². The zero-order chi connectivity index (χ0) is 53.4. The summed E-state index contributed by atoms with van der Waals surface area (Å²) in [6.07, 6.45) is 66.3. The molecule has 0 aromatic rings. The number of hydrogen-bond acceptors (Lipinski definition) is 7. The first-order valence-corrected chi connectivity index (χ1v) is 30.8. The van der Waals surface area contributed by atoms with E-state index in [1.165, 1.54) is 193 Å². The Labute approximate surface area is 451 Å². The number of aliphatic carboxylic acids is 1. The van der Waals surface area contributed by atoms with Gasteiger partial charge in [0.2, 0.25) is 0 Å². The van der Waals surface area contributed by atoms with Gasteiger partial charge in [0.05, 0.1) is 34.4 Å². The van der Waals surface area contributed by atoms with Crippen molar-refractivity contribution in [2.24, 2.45) is 0 Å². The molecule has 0 saturated heterocycles. The van der Waals surface area contributed by atoms with Gasteiger partial charge >= 0.3 is 17.9 Å². The molecule has 0 spiro atoms. The third-order valence-electron chi connectivity index (χ3n) is 13.6. The van der Waals surface area contributed by atoms with Crippen LogP contribution in [-0.4, -0.2) is 87.4 Å². The van der Waals surface area contributed by atoms with E-state index in [2.05, 4.69) is 62.5 Å². The summed E-state index contributed by atoms with van der Waals surface area (Å²) in [5.41, 5.74) is 0. The number of unbranched alkanes of at least 4 members (excludes halogenated alkanes) is 34. The largest absolute Gasteiger partial charge is 0.477 e. The first kappa shape index (κ1) is 70.2. The number of esters is 2. The van der Waals surface area contributed by atoms with Crippen LogP contribution in [0.15, 0.2) is 48.6 Å². The molecule has 0 aromatic carbocycles. The van der Waals surface area contributed by atoms with E-state index in [4.69, 9.17) is 18.9 Å². The Bertz CT molecular complexity index is 1340. The Morgan fingerprint density at radius 1 is 0.411 bits per heavy atom. The Kier molecular flexibility index (Phi) is 53.4. The van der Waals surface area contributed by atoms with Gasteiger partial charge in [0.1, 0.15) is 13.2 Å². The molecule has 2 unspecified atom stereocenters. The van der Waals surface area contributed by atoms with Crippen molar-refractivity contribution in [3.05, 3.63) is 48.6 Å². The molecule has 0 aliphatic rings. The van der Waals surface area contributed by atoms with Gasteiger partial charge in [0.25, 0.3) is 6.29 Å². The fraction of sp³-hybridized carbons (Fsp3) is 0.828. The van der Waals surface area contributed by atoms with E-state index >= 15 is 0 Å². The van der Waals surface area contributed by atoms with Crippen LogP contribution in [0.3, 0.4) is 0 Å². The number of nitrogens with zero attached hydrogens (tertiary/aromatic N) is 1. The van der Waals surface area contributed by atoms with E-state index in [-0.39, 0.29) is 32.2 Å². The number of hydrogen-bond donors (Lipinski definition) is 1. The van der Waals surface area contributed by atoms with E-state index < -0.39 is 24.3 Å². The van der Waals surface area contributed by atoms with Crippen LogP contribution in [0.4, 0.5) is 0 Å². The summed E-state index contributed by atoms with van der Waals surface area (Å²) in [6, 6.07) is 0. The number of likely N-dealkylation sites (N-methyl/N-ethyl adjacent to an activating group) is 1. The van der Waals surface area contributed by atoms with Gasteiger partial charge in [-0.3, -0.25) is 9.59 Å². The highest BCUT2D eigenvalue weighted by molar-refractivity contribution is 5.71. The van der Waals surface area contributed by atoms with Crippen LogP contribution in [0.5, 0.6) is 0 Å². The summed E-state index contributed by atoms with van der Waals surface area (Å²) in [7, 11) is 5.97. The highest BCUT2D eigenvalue weighted by Gasteiger charge is 2.25. The predicted molar refractivity (Wildman–Crippen MR) is 309 cm³/mol. The normalized spacial score (nSPS) is 13.1. The Morgan fingerprint density at radius 2 is 0.740 bits per heavy atom. The first-order valence-electron chi connectivity index (χ1n) is 30.8. The summed E-state index contributed by atoms with van der Waals surface area (Å²) in [5.74, 6) is -2.00. The maximum absolute atomic E-state index is 12.9. The molecular formula is C64H118NO8+. The number of carbonyl (C=O) groups is 3. The lowest BCUT2D eigenvalue weighted by atomic mass is 10.0. The lowest BCUT2D eigenvalue weighted by Gasteiger charge is -2.25. The molecule has 0 bridgehead atoms. The molecule has 0 radical (unpaired) electrons. The van der Waals surface area contributed by atoms with E-state index in [0.717, 1.165) is 64.2 Å². The third kappa shape index (κ3) is 56.8. The topological polar surface area (TPSA) is 108 Å². The summed E-state index contributed by atoms with van der Waals surface area (Å²) < 4.78 is 22.9. The number of rotatable bonds is 57. The molecular weight excluding hydrogens is 911 g/mol. The molecule has 0 aromatic heterocycles. The molecule has 0 aliphatic carbocycles. The molecule has 2 atom stereocenters. The van der Waals surface area contributed by atoms with Crippen LogP contribution in [0.25, 0.3) is 0 Å². The van der Waals surface area contributed by atoms with Crippen molar-refractivity contribution in [2.75, 3.05) is 47.5 Å². The molecule has 9 heteroatoms. The second-order valence-corrected chi connectivity index (χ2v) is 22.0. The van der Waals surface area contributed by atoms with Crippen molar-refractivity contribution in [1.29, 1.82) is 0 Å². The van der Waals surface area contributed by atoms with Crippen molar-refractivity contribution in [3.63, 3.8) is 0 Å². The van der Waals surface area contributed by atoms with E-state index in [0.29, 0.717) is 17.4 Å². The number of quaternary nitrogens is 1. The van der Waals surface area contributed by atoms with Gasteiger partial charge in [0, 0.05) is 12.8 Å². The average Bonchev–Trinajstić information content (AvgIpc) is 3.36. The SMILES string of the molecule is CCCCCCC/C=C\C/C=C\C/C=C\CCCCCCCCCCCCCCCCCCCCC(=O)OC(COC(=O)CCCCCCC/C=C\CCCCCCCC)COC(OCC[N+](C)(C)C)C(=O)O.